The highest BCUT2D eigenvalue weighted by molar-refractivity contribution is 5.97. The van der Waals surface area contributed by atoms with Crippen LogP contribution in [0.3, 0.4) is 0 Å². The molecule has 7 nitrogen and oxygen atoms in total. The van der Waals surface area contributed by atoms with E-state index in [9.17, 15) is 4.79 Å². The van der Waals surface area contributed by atoms with Crippen molar-refractivity contribution in [2.45, 2.75) is 12.5 Å². The minimum absolute atomic E-state index is 0.0233. The number of hydrogen-bond acceptors (Lipinski definition) is 5. The fraction of sp³-hybridized carbons (Fsp3) is 0.267. The van der Waals surface area contributed by atoms with Crippen molar-refractivity contribution in [3.05, 3.63) is 48.5 Å². The van der Waals surface area contributed by atoms with Crippen molar-refractivity contribution in [1.82, 2.24) is 29.9 Å². The van der Waals surface area contributed by atoms with Gasteiger partial charge in [-0.05, 0) is 24.6 Å². The number of carbonyl (C=O) groups excluding carboxylic acids is 1. The van der Waals surface area contributed by atoms with Crippen LogP contribution in [0.4, 0.5) is 0 Å². The van der Waals surface area contributed by atoms with Crippen molar-refractivity contribution >= 4 is 16.9 Å². The Labute approximate surface area is 126 Å². The molecule has 7 heteroatoms. The first-order valence-corrected chi connectivity index (χ1v) is 7.17. The zero-order valence-electron chi connectivity index (χ0n) is 11.8. The van der Waals surface area contributed by atoms with Gasteiger partial charge in [0.05, 0.1) is 23.3 Å². The second-order valence-electron chi connectivity index (χ2n) is 5.34. The zero-order chi connectivity index (χ0) is 14.9. The van der Waals surface area contributed by atoms with Crippen LogP contribution in [-0.2, 0) is 0 Å². The lowest BCUT2D eigenvalue weighted by molar-refractivity contribution is 0.0787. The van der Waals surface area contributed by atoms with Crippen LogP contribution < -0.4 is 0 Å². The smallest absolute Gasteiger partial charge is 0.254 e. The summed E-state index contributed by atoms with van der Waals surface area (Å²) in [5.74, 6) is 0.0233. The SMILES string of the molecule is O=C(c1ccc2nccnc2c1)N1CC[C@H](n2ccnn2)C1. The monoisotopic (exact) mass is 294 g/mol. The zero-order valence-corrected chi connectivity index (χ0v) is 11.8. The van der Waals surface area contributed by atoms with E-state index >= 15 is 0 Å². The van der Waals surface area contributed by atoms with E-state index in [2.05, 4.69) is 20.3 Å². The van der Waals surface area contributed by atoms with Gasteiger partial charge in [-0.25, -0.2) is 4.68 Å². The summed E-state index contributed by atoms with van der Waals surface area (Å²) in [4.78, 5) is 23.0. The van der Waals surface area contributed by atoms with Gasteiger partial charge >= 0.3 is 0 Å². The summed E-state index contributed by atoms with van der Waals surface area (Å²) >= 11 is 0. The van der Waals surface area contributed by atoms with E-state index in [1.807, 2.05) is 27.9 Å². The van der Waals surface area contributed by atoms with Crippen molar-refractivity contribution in [3.63, 3.8) is 0 Å². The quantitative estimate of drug-likeness (QED) is 0.712. The number of likely N-dealkylation sites (tertiary alicyclic amines) is 1. The van der Waals surface area contributed by atoms with Gasteiger partial charge in [-0.2, -0.15) is 0 Å². The van der Waals surface area contributed by atoms with Crippen LogP contribution >= 0.6 is 0 Å². The molecule has 0 aliphatic carbocycles. The van der Waals surface area contributed by atoms with Crippen molar-refractivity contribution in [2.75, 3.05) is 13.1 Å². The van der Waals surface area contributed by atoms with Crippen LogP contribution in [0.2, 0.25) is 0 Å². The number of aromatic nitrogens is 5. The molecule has 2 aromatic heterocycles. The fourth-order valence-electron chi connectivity index (χ4n) is 2.83. The molecule has 1 atom stereocenters. The summed E-state index contributed by atoms with van der Waals surface area (Å²) in [5.41, 5.74) is 2.17. The van der Waals surface area contributed by atoms with E-state index in [4.69, 9.17) is 0 Å². The molecule has 0 bridgehead atoms. The van der Waals surface area contributed by atoms with Crippen LogP contribution in [0.25, 0.3) is 11.0 Å². The van der Waals surface area contributed by atoms with Crippen LogP contribution in [0, 0.1) is 0 Å². The first-order valence-electron chi connectivity index (χ1n) is 7.17. The minimum atomic E-state index is 0.0233. The Hall–Kier alpha value is -2.83. The molecule has 1 amide bonds. The predicted molar refractivity (Wildman–Crippen MR) is 79.1 cm³/mol. The Morgan fingerprint density at radius 1 is 1.14 bits per heavy atom. The van der Waals surface area contributed by atoms with E-state index in [0.29, 0.717) is 12.1 Å². The third-order valence-electron chi connectivity index (χ3n) is 3.98. The Balaban J connectivity index is 1.56. The molecule has 3 heterocycles. The molecular formula is C15H14N6O. The molecule has 1 aromatic carbocycles. The normalized spacial score (nSPS) is 18.0. The Morgan fingerprint density at radius 3 is 2.82 bits per heavy atom. The van der Waals surface area contributed by atoms with E-state index in [-0.39, 0.29) is 11.9 Å². The molecule has 4 rings (SSSR count). The Kier molecular flexibility index (Phi) is 3.03. The van der Waals surface area contributed by atoms with E-state index in [0.717, 1.165) is 24.0 Å². The second-order valence-corrected chi connectivity index (χ2v) is 5.34. The largest absolute Gasteiger partial charge is 0.336 e. The molecule has 3 aromatic rings. The van der Waals surface area contributed by atoms with Gasteiger partial charge in [0.1, 0.15) is 0 Å². The minimum Gasteiger partial charge on any atom is -0.336 e. The highest BCUT2D eigenvalue weighted by atomic mass is 16.2. The summed E-state index contributed by atoms with van der Waals surface area (Å²) in [6.45, 7) is 1.38. The summed E-state index contributed by atoms with van der Waals surface area (Å²) < 4.78 is 1.82. The van der Waals surface area contributed by atoms with Crippen molar-refractivity contribution in [3.8, 4) is 0 Å². The molecule has 0 radical (unpaired) electrons. The number of amides is 1. The van der Waals surface area contributed by atoms with E-state index < -0.39 is 0 Å². The van der Waals surface area contributed by atoms with Crippen molar-refractivity contribution in [1.29, 1.82) is 0 Å². The number of hydrogen-bond donors (Lipinski definition) is 0. The van der Waals surface area contributed by atoms with Crippen LogP contribution in [0.5, 0.6) is 0 Å². The molecule has 1 fully saturated rings. The molecule has 1 aliphatic rings. The van der Waals surface area contributed by atoms with Gasteiger partial charge in [-0.3, -0.25) is 14.8 Å². The summed E-state index contributed by atoms with van der Waals surface area (Å²) in [5, 5.41) is 7.84. The maximum Gasteiger partial charge on any atom is 0.254 e. The third kappa shape index (κ3) is 2.20. The second kappa shape index (κ2) is 5.18. The van der Waals surface area contributed by atoms with Crippen molar-refractivity contribution < 1.29 is 4.79 Å². The summed E-state index contributed by atoms with van der Waals surface area (Å²) in [6, 6.07) is 5.64. The Bertz CT molecular complexity index is 816. The molecular weight excluding hydrogens is 280 g/mol. The number of rotatable bonds is 2. The highest BCUT2D eigenvalue weighted by Gasteiger charge is 2.28. The maximum atomic E-state index is 12.6. The van der Waals surface area contributed by atoms with Gasteiger partial charge in [-0.1, -0.05) is 5.21 Å². The molecule has 0 unspecified atom stereocenters. The Morgan fingerprint density at radius 2 is 2.00 bits per heavy atom. The first kappa shape index (κ1) is 12.9. The van der Waals surface area contributed by atoms with E-state index in [1.54, 1.807) is 24.7 Å². The topological polar surface area (TPSA) is 76.8 Å². The molecule has 0 N–H and O–H groups in total. The standard InChI is InChI=1S/C15H14N6O/c22-15(11-1-2-13-14(9-11)17-5-4-16-13)20-7-3-12(10-20)21-8-6-18-19-21/h1-2,4-6,8-9,12H,3,7,10H2/t12-/m0/s1. The average molecular weight is 294 g/mol. The van der Waals surface area contributed by atoms with Gasteiger partial charge in [0, 0.05) is 37.2 Å². The molecule has 1 saturated heterocycles. The average Bonchev–Trinajstić information content (AvgIpc) is 3.24. The van der Waals surface area contributed by atoms with Crippen LogP contribution in [0.15, 0.2) is 43.0 Å². The van der Waals surface area contributed by atoms with Crippen molar-refractivity contribution in [2.24, 2.45) is 0 Å². The van der Waals surface area contributed by atoms with Crippen LogP contribution in [0.1, 0.15) is 22.8 Å². The van der Waals surface area contributed by atoms with Crippen LogP contribution in [-0.4, -0.2) is 48.9 Å². The summed E-state index contributed by atoms with van der Waals surface area (Å²) in [7, 11) is 0. The molecule has 0 saturated carbocycles. The fourth-order valence-corrected chi connectivity index (χ4v) is 2.83. The number of nitrogens with zero attached hydrogens (tertiary/aromatic N) is 6. The lowest BCUT2D eigenvalue weighted by atomic mass is 10.1. The van der Waals surface area contributed by atoms with E-state index in [1.165, 1.54) is 0 Å². The number of fused-ring (bicyclic) bond motifs is 1. The summed E-state index contributed by atoms with van der Waals surface area (Å²) in [6.07, 6.45) is 7.67. The molecule has 1 aliphatic heterocycles. The molecule has 0 spiro atoms. The van der Waals surface area contributed by atoms with Gasteiger partial charge < -0.3 is 4.90 Å². The molecule has 110 valence electrons. The number of carbonyl (C=O) groups is 1. The third-order valence-corrected chi connectivity index (χ3v) is 3.98. The predicted octanol–water partition coefficient (Wildman–Crippen LogP) is 1.31. The van der Waals surface area contributed by atoms with Gasteiger partial charge in [0.15, 0.2) is 0 Å². The highest BCUT2D eigenvalue weighted by Crippen LogP contribution is 2.22. The lowest BCUT2D eigenvalue weighted by Gasteiger charge is -2.16. The first-order chi connectivity index (χ1) is 10.8. The van der Waals surface area contributed by atoms with Gasteiger partial charge in [0.2, 0.25) is 0 Å². The maximum absolute atomic E-state index is 12.6. The number of benzene rings is 1. The van der Waals surface area contributed by atoms with Gasteiger partial charge in [-0.15, -0.1) is 5.10 Å². The van der Waals surface area contributed by atoms with Gasteiger partial charge in [0.25, 0.3) is 5.91 Å². The lowest BCUT2D eigenvalue weighted by Crippen LogP contribution is -2.29. The molecule has 22 heavy (non-hydrogen) atoms.